The molecule has 7 heteroatoms. The zero-order valence-corrected chi connectivity index (χ0v) is 17.6. The molecule has 154 valence electrons. The number of rotatable bonds is 6. The normalized spacial score (nSPS) is 22.1. The highest BCUT2D eigenvalue weighted by atomic mass is 35.5. The number of halogens is 1. The van der Waals surface area contributed by atoms with Gasteiger partial charge in [-0.05, 0) is 25.7 Å². The highest BCUT2D eigenvalue weighted by molar-refractivity contribution is 6.30. The molecule has 3 unspecified atom stereocenters. The summed E-state index contributed by atoms with van der Waals surface area (Å²) >= 11 is 5.86. The van der Waals surface area contributed by atoms with E-state index in [-0.39, 0.29) is 29.6 Å². The number of carbonyl (C=O) groups excluding carboxylic acids is 3. The van der Waals surface area contributed by atoms with Crippen LogP contribution in [0.15, 0.2) is 0 Å². The van der Waals surface area contributed by atoms with Crippen LogP contribution in [-0.4, -0.2) is 65.1 Å². The fourth-order valence-corrected chi connectivity index (χ4v) is 3.97. The molecule has 2 fully saturated rings. The van der Waals surface area contributed by atoms with Gasteiger partial charge in [0.1, 0.15) is 11.4 Å². The summed E-state index contributed by atoms with van der Waals surface area (Å²) < 4.78 is 0. The summed E-state index contributed by atoms with van der Waals surface area (Å²) in [6.45, 7) is 7.77. The molecule has 6 nitrogen and oxygen atoms in total. The molecule has 1 N–H and O–H groups in total. The van der Waals surface area contributed by atoms with Gasteiger partial charge < -0.3 is 15.1 Å². The van der Waals surface area contributed by atoms with E-state index in [9.17, 15) is 14.4 Å². The maximum absolute atomic E-state index is 13.0. The van der Waals surface area contributed by atoms with E-state index in [1.807, 2.05) is 18.7 Å². The maximum Gasteiger partial charge on any atom is 0.245 e. The summed E-state index contributed by atoms with van der Waals surface area (Å²) in [5.41, 5.74) is 0. The highest BCUT2D eigenvalue weighted by Crippen LogP contribution is 2.26. The van der Waals surface area contributed by atoms with E-state index >= 15 is 0 Å². The van der Waals surface area contributed by atoms with Crippen molar-refractivity contribution >= 4 is 29.3 Å². The molecular formula is C20H34ClN3O3. The summed E-state index contributed by atoms with van der Waals surface area (Å²) in [4.78, 5) is 41.4. The Labute approximate surface area is 168 Å². The highest BCUT2D eigenvalue weighted by Gasteiger charge is 2.34. The second kappa shape index (κ2) is 10.3. The lowest BCUT2D eigenvalue weighted by Crippen LogP contribution is -2.58. The van der Waals surface area contributed by atoms with Crippen LogP contribution in [0.4, 0.5) is 0 Å². The van der Waals surface area contributed by atoms with Crippen molar-refractivity contribution in [1.82, 2.24) is 15.1 Å². The van der Waals surface area contributed by atoms with Crippen LogP contribution in [0.25, 0.3) is 0 Å². The van der Waals surface area contributed by atoms with Crippen molar-refractivity contribution in [3.8, 4) is 0 Å². The Morgan fingerprint density at radius 1 is 1.00 bits per heavy atom. The number of hydrogen-bond acceptors (Lipinski definition) is 3. The monoisotopic (exact) mass is 399 g/mol. The molecule has 1 saturated heterocycles. The van der Waals surface area contributed by atoms with Gasteiger partial charge >= 0.3 is 0 Å². The number of hydrogen-bond donors (Lipinski definition) is 1. The summed E-state index contributed by atoms with van der Waals surface area (Å²) in [7, 11) is 0. The van der Waals surface area contributed by atoms with Gasteiger partial charge in [-0.2, -0.15) is 0 Å². The predicted octanol–water partition coefficient (Wildman–Crippen LogP) is 2.40. The van der Waals surface area contributed by atoms with E-state index in [2.05, 4.69) is 5.32 Å². The van der Waals surface area contributed by atoms with E-state index in [0.717, 1.165) is 32.1 Å². The van der Waals surface area contributed by atoms with E-state index in [4.69, 9.17) is 11.6 Å². The molecule has 0 bridgehead atoms. The smallest absolute Gasteiger partial charge is 0.245 e. The van der Waals surface area contributed by atoms with Crippen molar-refractivity contribution in [2.45, 2.75) is 70.7 Å². The second-order valence-corrected chi connectivity index (χ2v) is 8.63. The molecule has 3 amide bonds. The van der Waals surface area contributed by atoms with E-state index < -0.39 is 11.4 Å². The Hall–Kier alpha value is -1.30. The minimum absolute atomic E-state index is 0.0266. The van der Waals surface area contributed by atoms with Gasteiger partial charge in [-0.15, -0.1) is 11.6 Å². The first-order valence-electron chi connectivity index (χ1n) is 10.4. The van der Waals surface area contributed by atoms with Crippen molar-refractivity contribution in [2.24, 2.45) is 11.8 Å². The number of alkyl halides is 1. The average Bonchev–Trinajstić information content (AvgIpc) is 2.70. The lowest BCUT2D eigenvalue weighted by atomic mass is 9.88. The van der Waals surface area contributed by atoms with Crippen molar-refractivity contribution in [1.29, 1.82) is 0 Å². The lowest BCUT2D eigenvalue weighted by Gasteiger charge is -2.39. The molecule has 0 spiro atoms. The molecule has 0 aromatic carbocycles. The molecule has 0 radical (unpaired) electrons. The number of carbonyl (C=O) groups is 3. The average molecular weight is 400 g/mol. The Bertz CT molecular complexity index is 527. The molecule has 1 heterocycles. The van der Waals surface area contributed by atoms with Gasteiger partial charge in [-0.25, -0.2) is 0 Å². The number of nitrogens with zero attached hydrogens (tertiary/aromatic N) is 2. The Balaban J connectivity index is 1.92. The van der Waals surface area contributed by atoms with Crippen LogP contribution in [0.3, 0.4) is 0 Å². The SMILES string of the molecule is CCC(C)C(NC(=O)C(C)Cl)C(=O)N1CCN(C(=O)C2CCCCC2)CC1. The molecule has 2 aliphatic rings. The number of piperazine rings is 1. The van der Waals surface area contributed by atoms with Crippen LogP contribution in [0.1, 0.15) is 59.3 Å². The number of amides is 3. The third kappa shape index (κ3) is 5.84. The molecule has 1 saturated carbocycles. The van der Waals surface area contributed by atoms with Crippen molar-refractivity contribution < 1.29 is 14.4 Å². The molecular weight excluding hydrogens is 366 g/mol. The van der Waals surface area contributed by atoms with Gasteiger partial charge in [0.05, 0.1) is 0 Å². The van der Waals surface area contributed by atoms with Crippen LogP contribution >= 0.6 is 11.6 Å². The largest absolute Gasteiger partial charge is 0.343 e. The second-order valence-electron chi connectivity index (χ2n) is 7.97. The lowest BCUT2D eigenvalue weighted by molar-refractivity contribution is -0.145. The fourth-order valence-electron chi connectivity index (χ4n) is 3.90. The predicted molar refractivity (Wildman–Crippen MR) is 106 cm³/mol. The fraction of sp³-hybridized carbons (Fsp3) is 0.850. The topological polar surface area (TPSA) is 69.7 Å². The maximum atomic E-state index is 13.0. The minimum Gasteiger partial charge on any atom is -0.343 e. The molecule has 0 aromatic rings. The van der Waals surface area contributed by atoms with Gasteiger partial charge in [0.15, 0.2) is 0 Å². The quantitative estimate of drug-likeness (QED) is 0.697. The molecule has 1 aliphatic carbocycles. The third-order valence-electron chi connectivity index (χ3n) is 6.00. The van der Waals surface area contributed by atoms with Crippen LogP contribution in [0.5, 0.6) is 0 Å². The first-order chi connectivity index (χ1) is 12.8. The Kier molecular flexibility index (Phi) is 8.39. The van der Waals surface area contributed by atoms with E-state index in [1.165, 1.54) is 6.42 Å². The minimum atomic E-state index is -0.672. The molecule has 0 aromatic heterocycles. The number of nitrogens with one attached hydrogen (secondary N) is 1. The molecule has 3 atom stereocenters. The van der Waals surface area contributed by atoms with E-state index in [1.54, 1.807) is 11.8 Å². The Morgan fingerprint density at radius 3 is 2.07 bits per heavy atom. The summed E-state index contributed by atoms with van der Waals surface area (Å²) in [6, 6.07) is -0.565. The van der Waals surface area contributed by atoms with Crippen LogP contribution in [-0.2, 0) is 14.4 Å². The van der Waals surface area contributed by atoms with Crippen LogP contribution < -0.4 is 5.32 Å². The zero-order chi connectivity index (χ0) is 20.0. The third-order valence-corrected chi connectivity index (χ3v) is 6.19. The Morgan fingerprint density at radius 2 is 1.56 bits per heavy atom. The van der Waals surface area contributed by atoms with Crippen LogP contribution in [0.2, 0.25) is 0 Å². The molecule has 27 heavy (non-hydrogen) atoms. The summed E-state index contributed by atoms with van der Waals surface area (Å²) in [5.74, 6) is 0.0582. The van der Waals surface area contributed by atoms with Gasteiger partial charge in [-0.1, -0.05) is 39.5 Å². The van der Waals surface area contributed by atoms with Gasteiger partial charge in [0, 0.05) is 32.1 Å². The van der Waals surface area contributed by atoms with Crippen molar-refractivity contribution in [3.05, 3.63) is 0 Å². The standard InChI is InChI=1S/C20H34ClN3O3/c1-4-14(2)17(22-18(25)15(3)21)20(27)24-12-10-23(11-13-24)19(26)16-8-6-5-7-9-16/h14-17H,4-13H2,1-3H3,(H,22,25). The molecule has 2 rings (SSSR count). The van der Waals surface area contributed by atoms with Crippen LogP contribution in [0, 0.1) is 11.8 Å². The summed E-state index contributed by atoms with van der Waals surface area (Å²) in [5, 5.41) is 2.14. The summed E-state index contributed by atoms with van der Waals surface area (Å²) in [6.07, 6.45) is 6.30. The van der Waals surface area contributed by atoms with E-state index in [0.29, 0.717) is 26.2 Å². The molecule has 1 aliphatic heterocycles. The van der Waals surface area contributed by atoms with Crippen molar-refractivity contribution in [3.63, 3.8) is 0 Å². The van der Waals surface area contributed by atoms with Gasteiger partial charge in [-0.3, -0.25) is 14.4 Å². The van der Waals surface area contributed by atoms with Gasteiger partial charge in [0.2, 0.25) is 17.7 Å². The van der Waals surface area contributed by atoms with Crippen molar-refractivity contribution in [2.75, 3.05) is 26.2 Å². The zero-order valence-electron chi connectivity index (χ0n) is 16.9. The van der Waals surface area contributed by atoms with Gasteiger partial charge in [0.25, 0.3) is 0 Å². The first kappa shape index (κ1) is 22.0. The first-order valence-corrected chi connectivity index (χ1v) is 10.8.